The number of carbonyl (C=O) groups is 3. The van der Waals surface area contributed by atoms with E-state index < -0.39 is 0 Å². The Morgan fingerprint density at radius 3 is 1.79 bits per heavy atom. The molecule has 0 aliphatic rings. The Morgan fingerprint density at radius 2 is 1.34 bits per heavy atom. The van der Waals surface area contributed by atoms with Gasteiger partial charge >= 0.3 is 0 Å². The summed E-state index contributed by atoms with van der Waals surface area (Å²) in [6, 6.07) is 14.7. The minimum atomic E-state index is -0.185. The Kier molecular flexibility index (Phi) is 7.15. The monoisotopic (exact) mass is 395 g/mol. The molecule has 6 heteroatoms. The standard InChI is InChI=1S/C23H29N3O3/c1-16(27)24-19-8-10-20(11-9-19)25-22(29)14-15-26(17(2)28)21-12-6-18(7-13-21)23(3,4)5/h6-13H,14-15H2,1-5H3,(H,24,27)(H,25,29). The Balaban J connectivity index is 1.97. The van der Waals surface area contributed by atoms with Crippen molar-refractivity contribution in [3.05, 3.63) is 54.1 Å². The average molecular weight is 396 g/mol. The molecule has 0 aliphatic carbocycles. The van der Waals surface area contributed by atoms with Crippen LogP contribution in [0.2, 0.25) is 0 Å². The van der Waals surface area contributed by atoms with Gasteiger partial charge in [0.15, 0.2) is 0 Å². The fourth-order valence-corrected chi connectivity index (χ4v) is 2.89. The smallest absolute Gasteiger partial charge is 0.226 e. The Labute approximate surface area is 172 Å². The highest BCUT2D eigenvalue weighted by Gasteiger charge is 2.17. The van der Waals surface area contributed by atoms with Crippen LogP contribution >= 0.6 is 0 Å². The topological polar surface area (TPSA) is 78.5 Å². The summed E-state index contributed by atoms with van der Waals surface area (Å²) < 4.78 is 0. The molecule has 0 aromatic heterocycles. The molecular weight excluding hydrogens is 366 g/mol. The third-order valence-electron chi connectivity index (χ3n) is 4.48. The molecule has 0 radical (unpaired) electrons. The number of carbonyl (C=O) groups excluding carboxylic acids is 3. The zero-order valence-corrected chi connectivity index (χ0v) is 17.7. The summed E-state index contributed by atoms with van der Waals surface area (Å²) in [6.45, 7) is 9.64. The van der Waals surface area contributed by atoms with Crippen molar-refractivity contribution in [3.63, 3.8) is 0 Å². The highest BCUT2D eigenvalue weighted by molar-refractivity contribution is 5.95. The van der Waals surface area contributed by atoms with Crippen molar-refractivity contribution in [2.24, 2.45) is 0 Å². The van der Waals surface area contributed by atoms with E-state index in [9.17, 15) is 14.4 Å². The summed E-state index contributed by atoms with van der Waals surface area (Å²) in [5, 5.41) is 5.48. The molecule has 2 aromatic rings. The molecule has 29 heavy (non-hydrogen) atoms. The van der Waals surface area contributed by atoms with E-state index in [1.807, 2.05) is 24.3 Å². The second-order valence-corrected chi connectivity index (χ2v) is 8.02. The minimum absolute atomic E-state index is 0.0367. The molecule has 0 unspecified atom stereocenters. The van der Waals surface area contributed by atoms with Crippen LogP contribution in [0.15, 0.2) is 48.5 Å². The largest absolute Gasteiger partial charge is 0.326 e. The van der Waals surface area contributed by atoms with Crippen LogP contribution in [0.1, 0.15) is 46.6 Å². The minimum Gasteiger partial charge on any atom is -0.326 e. The number of nitrogens with one attached hydrogen (secondary N) is 2. The number of anilines is 3. The molecular formula is C23H29N3O3. The van der Waals surface area contributed by atoms with Crippen molar-refractivity contribution in [2.45, 2.75) is 46.5 Å². The quantitative estimate of drug-likeness (QED) is 0.764. The van der Waals surface area contributed by atoms with Crippen LogP contribution in [-0.2, 0) is 19.8 Å². The van der Waals surface area contributed by atoms with Crippen LogP contribution in [0.5, 0.6) is 0 Å². The molecule has 2 rings (SSSR count). The Morgan fingerprint density at radius 1 is 0.828 bits per heavy atom. The van der Waals surface area contributed by atoms with Gasteiger partial charge in [-0.15, -0.1) is 0 Å². The summed E-state index contributed by atoms with van der Waals surface area (Å²) in [5.41, 5.74) is 3.29. The molecule has 154 valence electrons. The third-order valence-corrected chi connectivity index (χ3v) is 4.48. The van der Waals surface area contributed by atoms with Crippen LogP contribution in [-0.4, -0.2) is 24.3 Å². The molecule has 0 fully saturated rings. The number of nitrogens with zero attached hydrogens (tertiary/aromatic N) is 1. The molecule has 0 spiro atoms. The lowest BCUT2D eigenvalue weighted by Gasteiger charge is -2.23. The maximum absolute atomic E-state index is 12.3. The molecule has 0 aliphatic heterocycles. The van der Waals surface area contributed by atoms with Gasteiger partial charge < -0.3 is 15.5 Å². The van der Waals surface area contributed by atoms with Gasteiger partial charge in [-0.2, -0.15) is 0 Å². The van der Waals surface area contributed by atoms with E-state index in [1.165, 1.54) is 19.4 Å². The SMILES string of the molecule is CC(=O)Nc1ccc(NC(=O)CCN(C(C)=O)c2ccc(C(C)(C)C)cc2)cc1. The van der Waals surface area contributed by atoms with Crippen LogP contribution < -0.4 is 15.5 Å². The predicted octanol–water partition coefficient (Wildman–Crippen LogP) is 4.32. The molecule has 0 bridgehead atoms. The first kappa shape index (κ1) is 22.1. The summed E-state index contributed by atoms with van der Waals surface area (Å²) in [4.78, 5) is 37.0. The first-order valence-corrected chi connectivity index (χ1v) is 9.62. The highest BCUT2D eigenvalue weighted by atomic mass is 16.2. The zero-order valence-electron chi connectivity index (χ0n) is 17.7. The van der Waals surface area contributed by atoms with Crippen molar-refractivity contribution in [3.8, 4) is 0 Å². The molecule has 0 saturated heterocycles. The highest BCUT2D eigenvalue weighted by Crippen LogP contribution is 2.25. The molecule has 3 amide bonds. The molecule has 0 heterocycles. The van der Waals surface area contributed by atoms with Crippen molar-refractivity contribution in [1.82, 2.24) is 0 Å². The third kappa shape index (κ3) is 6.75. The van der Waals surface area contributed by atoms with Crippen molar-refractivity contribution in [2.75, 3.05) is 22.1 Å². The number of benzene rings is 2. The van der Waals surface area contributed by atoms with Gasteiger partial charge in [-0.25, -0.2) is 0 Å². The second kappa shape index (κ2) is 9.37. The van der Waals surface area contributed by atoms with Gasteiger partial charge in [0.1, 0.15) is 0 Å². The fourth-order valence-electron chi connectivity index (χ4n) is 2.89. The molecule has 2 N–H and O–H groups in total. The number of hydrogen-bond donors (Lipinski definition) is 2. The lowest BCUT2D eigenvalue weighted by atomic mass is 9.87. The van der Waals surface area contributed by atoms with Gasteiger partial charge in [-0.1, -0.05) is 32.9 Å². The van der Waals surface area contributed by atoms with E-state index in [0.717, 1.165) is 5.69 Å². The molecule has 0 saturated carbocycles. The first-order chi connectivity index (χ1) is 13.6. The normalized spacial score (nSPS) is 10.9. The Hall–Kier alpha value is -3.15. The molecule has 2 aromatic carbocycles. The van der Waals surface area contributed by atoms with Gasteiger partial charge in [0, 0.05) is 43.9 Å². The summed E-state index contributed by atoms with van der Waals surface area (Å²) in [7, 11) is 0. The average Bonchev–Trinajstić information content (AvgIpc) is 2.62. The van der Waals surface area contributed by atoms with E-state index in [4.69, 9.17) is 0 Å². The predicted molar refractivity (Wildman–Crippen MR) is 117 cm³/mol. The van der Waals surface area contributed by atoms with Gasteiger partial charge in [0.2, 0.25) is 17.7 Å². The van der Waals surface area contributed by atoms with E-state index in [-0.39, 0.29) is 29.6 Å². The van der Waals surface area contributed by atoms with Crippen molar-refractivity contribution in [1.29, 1.82) is 0 Å². The second-order valence-electron chi connectivity index (χ2n) is 8.02. The summed E-state index contributed by atoms with van der Waals surface area (Å²) in [5.74, 6) is -0.447. The number of hydrogen-bond acceptors (Lipinski definition) is 3. The Bertz CT molecular complexity index is 866. The van der Waals surface area contributed by atoms with Crippen LogP contribution in [0.25, 0.3) is 0 Å². The maximum atomic E-state index is 12.3. The van der Waals surface area contributed by atoms with Crippen LogP contribution in [0, 0.1) is 0 Å². The fraction of sp³-hybridized carbons (Fsp3) is 0.348. The van der Waals surface area contributed by atoms with Gasteiger partial charge in [0.05, 0.1) is 0 Å². The summed E-state index contributed by atoms with van der Waals surface area (Å²) >= 11 is 0. The van der Waals surface area contributed by atoms with Crippen molar-refractivity contribution >= 4 is 34.8 Å². The maximum Gasteiger partial charge on any atom is 0.226 e. The zero-order chi connectivity index (χ0) is 21.6. The molecule has 6 nitrogen and oxygen atoms in total. The van der Waals surface area contributed by atoms with Gasteiger partial charge in [-0.05, 0) is 47.4 Å². The summed E-state index contributed by atoms with van der Waals surface area (Å²) in [6.07, 6.45) is 0.175. The lowest BCUT2D eigenvalue weighted by molar-refractivity contribution is -0.117. The van der Waals surface area contributed by atoms with Crippen molar-refractivity contribution < 1.29 is 14.4 Å². The van der Waals surface area contributed by atoms with E-state index in [2.05, 4.69) is 31.4 Å². The van der Waals surface area contributed by atoms with E-state index in [1.54, 1.807) is 29.2 Å². The van der Waals surface area contributed by atoms with Gasteiger partial charge in [-0.3, -0.25) is 14.4 Å². The lowest BCUT2D eigenvalue weighted by Crippen LogP contribution is -2.32. The van der Waals surface area contributed by atoms with Gasteiger partial charge in [0.25, 0.3) is 0 Å². The van der Waals surface area contributed by atoms with Crippen LogP contribution in [0.3, 0.4) is 0 Å². The van der Waals surface area contributed by atoms with Crippen LogP contribution in [0.4, 0.5) is 17.1 Å². The van der Waals surface area contributed by atoms with E-state index in [0.29, 0.717) is 17.9 Å². The molecule has 0 atom stereocenters. The number of amides is 3. The number of rotatable bonds is 6. The first-order valence-electron chi connectivity index (χ1n) is 9.62. The van der Waals surface area contributed by atoms with E-state index >= 15 is 0 Å².